The van der Waals surface area contributed by atoms with Crippen LogP contribution in [-0.4, -0.2) is 38.3 Å². The van der Waals surface area contributed by atoms with E-state index >= 15 is 0 Å². The molecule has 1 N–H and O–H groups in total. The number of benzene rings is 1. The van der Waals surface area contributed by atoms with Crippen molar-refractivity contribution < 1.29 is 18.7 Å². The van der Waals surface area contributed by atoms with E-state index in [9.17, 15) is 18.7 Å². The molecule has 23 heavy (non-hydrogen) atoms. The average Bonchev–Trinajstić information content (AvgIpc) is 3.05. The zero-order chi connectivity index (χ0) is 16.7. The standard InChI is InChI=1S/C16H17F2N3O2/c1-9-13(7-19-20(9)2)16(23)21-8-11(22)6-15(21)12-5-10(17)3-4-14(12)18/h3-5,7,11,15,22H,6,8H2,1-2H3. The van der Waals surface area contributed by atoms with Crippen molar-refractivity contribution in [2.45, 2.75) is 25.5 Å². The van der Waals surface area contributed by atoms with Gasteiger partial charge in [-0.25, -0.2) is 8.78 Å². The Hall–Kier alpha value is -2.28. The molecule has 0 spiro atoms. The number of aliphatic hydroxyl groups excluding tert-OH is 1. The van der Waals surface area contributed by atoms with Gasteiger partial charge in [0.1, 0.15) is 11.6 Å². The van der Waals surface area contributed by atoms with Gasteiger partial charge < -0.3 is 10.0 Å². The van der Waals surface area contributed by atoms with Gasteiger partial charge in [0.05, 0.1) is 23.9 Å². The lowest BCUT2D eigenvalue weighted by Gasteiger charge is -2.25. The van der Waals surface area contributed by atoms with Crippen molar-refractivity contribution in [3.05, 3.63) is 52.9 Å². The molecule has 0 bridgehead atoms. The van der Waals surface area contributed by atoms with E-state index < -0.39 is 23.8 Å². The predicted octanol–water partition coefficient (Wildman–Crippen LogP) is 1.95. The van der Waals surface area contributed by atoms with Crippen LogP contribution in [0, 0.1) is 18.6 Å². The van der Waals surface area contributed by atoms with Crippen molar-refractivity contribution >= 4 is 5.91 Å². The number of aliphatic hydroxyl groups is 1. The van der Waals surface area contributed by atoms with E-state index in [1.807, 2.05) is 0 Å². The molecule has 122 valence electrons. The first-order valence-electron chi connectivity index (χ1n) is 7.31. The summed E-state index contributed by atoms with van der Waals surface area (Å²) in [5.41, 5.74) is 1.15. The van der Waals surface area contributed by atoms with Crippen molar-refractivity contribution in [1.29, 1.82) is 0 Å². The van der Waals surface area contributed by atoms with Crippen molar-refractivity contribution in [2.75, 3.05) is 6.54 Å². The van der Waals surface area contributed by atoms with Crippen LogP contribution >= 0.6 is 0 Å². The summed E-state index contributed by atoms with van der Waals surface area (Å²) in [6, 6.07) is 2.44. The highest BCUT2D eigenvalue weighted by molar-refractivity contribution is 5.95. The molecule has 0 saturated carbocycles. The molecule has 2 aromatic rings. The zero-order valence-corrected chi connectivity index (χ0v) is 12.8. The highest BCUT2D eigenvalue weighted by Gasteiger charge is 2.38. The third-order valence-electron chi connectivity index (χ3n) is 4.32. The fourth-order valence-electron chi connectivity index (χ4n) is 2.97. The van der Waals surface area contributed by atoms with Gasteiger partial charge in [-0.15, -0.1) is 0 Å². The van der Waals surface area contributed by atoms with Gasteiger partial charge in [0.25, 0.3) is 5.91 Å². The normalized spacial score (nSPS) is 21.0. The third kappa shape index (κ3) is 2.72. The molecule has 1 amide bonds. The van der Waals surface area contributed by atoms with Gasteiger partial charge in [0, 0.05) is 24.8 Å². The van der Waals surface area contributed by atoms with E-state index in [1.54, 1.807) is 18.7 Å². The maximum absolute atomic E-state index is 14.1. The van der Waals surface area contributed by atoms with Crippen LogP contribution in [0.15, 0.2) is 24.4 Å². The minimum absolute atomic E-state index is 0.0772. The molecule has 2 unspecified atom stereocenters. The molecule has 1 saturated heterocycles. The van der Waals surface area contributed by atoms with Gasteiger partial charge in [-0.2, -0.15) is 5.10 Å². The van der Waals surface area contributed by atoms with Crippen LogP contribution < -0.4 is 0 Å². The fourth-order valence-corrected chi connectivity index (χ4v) is 2.97. The second kappa shape index (κ2) is 5.73. The Morgan fingerprint density at radius 3 is 2.78 bits per heavy atom. The largest absolute Gasteiger partial charge is 0.391 e. The summed E-state index contributed by atoms with van der Waals surface area (Å²) < 4.78 is 29.1. The summed E-state index contributed by atoms with van der Waals surface area (Å²) in [5, 5.41) is 14.0. The highest BCUT2D eigenvalue weighted by atomic mass is 19.1. The molecule has 2 heterocycles. The number of aromatic nitrogens is 2. The smallest absolute Gasteiger partial charge is 0.257 e. The lowest BCUT2D eigenvalue weighted by Crippen LogP contribution is -2.32. The fraction of sp³-hybridized carbons (Fsp3) is 0.375. The predicted molar refractivity (Wildman–Crippen MR) is 78.7 cm³/mol. The quantitative estimate of drug-likeness (QED) is 0.920. The Labute approximate surface area is 132 Å². The maximum Gasteiger partial charge on any atom is 0.257 e. The van der Waals surface area contributed by atoms with Gasteiger partial charge in [0.2, 0.25) is 0 Å². The van der Waals surface area contributed by atoms with Gasteiger partial charge in [0.15, 0.2) is 0 Å². The maximum atomic E-state index is 14.1. The van der Waals surface area contributed by atoms with Crippen LogP contribution in [0.1, 0.15) is 34.1 Å². The van der Waals surface area contributed by atoms with Crippen LogP contribution in [0.4, 0.5) is 8.78 Å². The first-order valence-corrected chi connectivity index (χ1v) is 7.31. The molecule has 7 heteroatoms. The molecule has 1 aromatic carbocycles. The molecule has 3 rings (SSSR count). The molecule has 0 aliphatic carbocycles. The van der Waals surface area contributed by atoms with Crippen LogP contribution in [0.3, 0.4) is 0 Å². The molecule has 1 aliphatic heterocycles. The Morgan fingerprint density at radius 2 is 2.13 bits per heavy atom. The number of β-amino-alcohol motifs (C(OH)–C–C–N with tert-alkyl or cyclic N) is 1. The monoisotopic (exact) mass is 321 g/mol. The molecule has 5 nitrogen and oxygen atoms in total. The van der Waals surface area contributed by atoms with Crippen molar-refractivity contribution in [3.8, 4) is 0 Å². The summed E-state index contributed by atoms with van der Waals surface area (Å²) in [6.07, 6.45) is 0.843. The lowest BCUT2D eigenvalue weighted by atomic mass is 10.0. The Kier molecular flexibility index (Phi) is 3.89. The molecule has 1 aromatic heterocycles. The topological polar surface area (TPSA) is 58.4 Å². The van der Waals surface area contributed by atoms with Gasteiger partial charge in [-0.05, 0) is 31.5 Å². The number of likely N-dealkylation sites (tertiary alicyclic amines) is 1. The number of amides is 1. The second-order valence-corrected chi connectivity index (χ2v) is 5.80. The Morgan fingerprint density at radius 1 is 1.39 bits per heavy atom. The summed E-state index contributed by atoms with van der Waals surface area (Å²) >= 11 is 0. The number of aryl methyl sites for hydroxylation is 1. The average molecular weight is 321 g/mol. The van der Waals surface area contributed by atoms with Crippen LogP contribution in [0.2, 0.25) is 0 Å². The van der Waals surface area contributed by atoms with E-state index in [0.717, 1.165) is 18.2 Å². The third-order valence-corrected chi connectivity index (χ3v) is 4.32. The minimum atomic E-state index is -0.774. The Bertz CT molecular complexity index is 760. The molecule has 1 fully saturated rings. The number of carbonyl (C=O) groups is 1. The molecule has 2 atom stereocenters. The highest BCUT2D eigenvalue weighted by Crippen LogP contribution is 2.35. The second-order valence-electron chi connectivity index (χ2n) is 5.80. The van der Waals surface area contributed by atoms with Gasteiger partial charge in [-0.1, -0.05) is 0 Å². The summed E-state index contributed by atoms with van der Waals surface area (Å²) in [7, 11) is 1.72. The molecular weight excluding hydrogens is 304 g/mol. The Balaban J connectivity index is 1.98. The van der Waals surface area contributed by atoms with Crippen LogP contribution in [0.5, 0.6) is 0 Å². The summed E-state index contributed by atoms with van der Waals surface area (Å²) in [4.78, 5) is 14.1. The first kappa shape index (κ1) is 15.6. The van der Waals surface area contributed by atoms with Gasteiger partial charge >= 0.3 is 0 Å². The number of carbonyl (C=O) groups excluding carboxylic acids is 1. The van der Waals surface area contributed by atoms with Crippen molar-refractivity contribution in [1.82, 2.24) is 14.7 Å². The lowest BCUT2D eigenvalue weighted by molar-refractivity contribution is 0.0713. The van der Waals surface area contributed by atoms with Crippen LogP contribution in [0.25, 0.3) is 0 Å². The number of hydrogen-bond donors (Lipinski definition) is 1. The molecular formula is C16H17F2N3O2. The van der Waals surface area contributed by atoms with E-state index in [2.05, 4.69) is 5.10 Å². The zero-order valence-electron chi connectivity index (χ0n) is 12.8. The van der Waals surface area contributed by atoms with Crippen LogP contribution in [-0.2, 0) is 7.05 Å². The SMILES string of the molecule is Cc1c(C(=O)N2CC(O)CC2c2cc(F)ccc2F)cnn1C. The first-order chi connectivity index (χ1) is 10.9. The van der Waals surface area contributed by atoms with E-state index in [1.165, 1.54) is 11.1 Å². The minimum Gasteiger partial charge on any atom is -0.391 e. The molecule has 0 radical (unpaired) electrons. The molecule has 1 aliphatic rings. The number of rotatable bonds is 2. The van der Waals surface area contributed by atoms with E-state index in [4.69, 9.17) is 0 Å². The number of nitrogens with zero attached hydrogens (tertiary/aromatic N) is 3. The summed E-state index contributed by atoms with van der Waals surface area (Å²) in [6.45, 7) is 1.83. The van der Waals surface area contributed by atoms with Gasteiger partial charge in [-0.3, -0.25) is 9.48 Å². The van der Waals surface area contributed by atoms with Crippen molar-refractivity contribution in [2.24, 2.45) is 7.05 Å². The van der Waals surface area contributed by atoms with E-state index in [-0.39, 0.29) is 24.4 Å². The van der Waals surface area contributed by atoms with E-state index in [0.29, 0.717) is 11.3 Å². The number of hydrogen-bond acceptors (Lipinski definition) is 3. The van der Waals surface area contributed by atoms with Crippen molar-refractivity contribution in [3.63, 3.8) is 0 Å². The summed E-state index contributed by atoms with van der Waals surface area (Å²) in [5.74, 6) is -1.51. The number of halogens is 2.